The number of aromatic nitrogens is 3. The molecule has 1 aliphatic rings. The summed E-state index contributed by atoms with van der Waals surface area (Å²) in [6.07, 6.45) is 4.68. The standard InChI is InChI=1S/C11H12N4S/c1-7-4-13-10(14-5-7)11-15-8-2-3-12-6-9(8)16-11/h4-5,12H,2-3,6H2,1H3. The van der Waals surface area contributed by atoms with Crippen molar-refractivity contribution in [3.8, 4) is 10.8 Å². The van der Waals surface area contributed by atoms with Gasteiger partial charge in [-0.3, -0.25) is 0 Å². The number of aryl methyl sites for hydroxylation is 1. The fourth-order valence-electron chi connectivity index (χ4n) is 1.72. The van der Waals surface area contributed by atoms with E-state index in [1.807, 2.05) is 19.3 Å². The van der Waals surface area contributed by atoms with Crippen LogP contribution in [0.2, 0.25) is 0 Å². The lowest BCUT2D eigenvalue weighted by molar-refractivity contribution is 0.644. The molecule has 16 heavy (non-hydrogen) atoms. The molecular formula is C11H12N4S. The van der Waals surface area contributed by atoms with Gasteiger partial charge in [0.2, 0.25) is 0 Å². The number of hydrogen-bond acceptors (Lipinski definition) is 5. The number of hydrogen-bond donors (Lipinski definition) is 1. The third-order valence-corrected chi connectivity index (χ3v) is 3.67. The van der Waals surface area contributed by atoms with Crippen molar-refractivity contribution in [1.29, 1.82) is 0 Å². The van der Waals surface area contributed by atoms with Gasteiger partial charge in [-0.05, 0) is 12.5 Å². The number of nitrogens with zero attached hydrogens (tertiary/aromatic N) is 3. The van der Waals surface area contributed by atoms with E-state index in [9.17, 15) is 0 Å². The highest BCUT2D eigenvalue weighted by molar-refractivity contribution is 7.15. The van der Waals surface area contributed by atoms with Gasteiger partial charge in [-0.25, -0.2) is 15.0 Å². The Morgan fingerprint density at radius 2 is 2.12 bits per heavy atom. The first-order valence-corrected chi connectivity index (χ1v) is 6.13. The Balaban J connectivity index is 2.00. The van der Waals surface area contributed by atoms with E-state index >= 15 is 0 Å². The smallest absolute Gasteiger partial charge is 0.188 e. The SMILES string of the molecule is Cc1cnc(-c2nc3c(s2)CNCC3)nc1. The number of fused-ring (bicyclic) bond motifs is 1. The number of thiazole rings is 1. The summed E-state index contributed by atoms with van der Waals surface area (Å²) in [4.78, 5) is 14.5. The molecule has 2 aromatic heterocycles. The van der Waals surface area contributed by atoms with Crippen LogP contribution in [0.5, 0.6) is 0 Å². The zero-order chi connectivity index (χ0) is 11.0. The highest BCUT2D eigenvalue weighted by Gasteiger charge is 2.16. The molecule has 3 heterocycles. The van der Waals surface area contributed by atoms with Crippen molar-refractivity contribution >= 4 is 11.3 Å². The maximum Gasteiger partial charge on any atom is 0.188 e. The van der Waals surface area contributed by atoms with Gasteiger partial charge in [0.15, 0.2) is 10.8 Å². The maximum absolute atomic E-state index is 4.60. The van der Waals surface area contributed by atoms with Crippen molar-refractivity contribution in [2.45, 2.75) is 19.9 Å². The highest BCUT2D eigenvalue weighted by Crippen LogP contribution is 2.27. The van der Waals surface area contributed by atoms with Gasteiger partial charge < -0.3 is 5.32 Å². The van der Waals surface area contributed by atoms with Gasteiger partial charge in [-0.2, -0.15) is 0 Å². The molecule has 0 fully saturated rings. The molecule has 0 radical (unpaired) electrons. The quantitative estimate of drug-likeness (QED) is 0.810. The van der Waals surface area contributed by atoms with Crippen LogP contribution in [0.4, 0.5) is 0 Å². The second-order valence-electron chi connectivity index (χ2n) is 3.90. The summed E-state index contributed by atoms with van der Waals surface area (Å²) in [5, 5.41) is 4.28. The Hall–Kier alpha value is -1.33. The zero-order valence-electron chi connectivity index (χ0n) is 9.03. The predicted octanol–water partition coefficient (Wildman–Crippen LogP) is 1.55. The average Bonchev–Trinajstić information content (AvgIpc) is 2.73. The Bertz CT molecular complexity index is 480. The third-order valence-electron chi connectivity index (χ3n) is 2.57. The van der Waals surface area contributed by atoms with Crippen molar-refractivity contribution in [3.63, 3.8) is 0 Å². The monoisotopic (exact) mass is 232 g/mol. The zero-order valence-corrected chi connectivity index (χ0v) is 9.84. The molecule has 82 valence electrons. The van der Waals surface area contributed by atoms with E-state index in [2.05, 4.69) is 20.3 Å². The van der Waals surface area contributed by atoms with Gasteiger partial charge >= 0.3 is 0 Å². The minimum atomic E-state index is 0.741. The Morgan fingerprint density at radius 3 is 2.88 bits per heavy atom. The van der Waals surface area contributed by atoms with E-state index in [0.717, 1.165) is 35.9 Å². The normalized spacial score (nSPS) is 14.8. The van der Waals surface area contributed by atoms with Crippen LogP contribution in [0, 0.1) is 6.92 Å². The van der Waals surface area contributed by atoms with E-state index in [1.54, 1.807) is 11.3 Å². The molecule has 0 aromatic carbocycles. The minimum absolute atomic E-state index is 0.741. The van der Waals surface area contributed by atoms with Crippen LogP contribution in [0.25, 0.3) is 10.8 Å². The molecule has 0 spiro atoms. The molecule has 0 atom stereocenters. The number of rotatable bonds is 1. The van der Waals surface area contributed by atoms with E-state index in [-0.39, 0.29) is 0 Å². The lowest BCUT2D eigenvalue weighted by Crippen LogP contribution is -2.22. The van der Waals surface area contributed by atoms with Gasteiger partial charge in [0.05, 0.1) is 5.69 Å². The van der Waals surface area contributed by atoms with Crippen LogP contribution >= 0.6 is 11.3 Å². The second-order valence-corrected chi connectivity index (χ2v) is 4.98. The highest BCUT2D eigenvalue weighted by atomic mass is 32.1. The predicted molar refractivity (Wildman–Crippen MR) is 63.3 cm³/mol. The molecular weight excluding hydrogens is 220 g/mol. The van der Waals surface area contributed by atoms with E-state index in [0.29, 0.717) is 0 Å². The fraction of sp³-hybridized carbons (Fsp3) is 0.364. The Kier molecular flexibility index (Phi) is 2.41. The van der Waals surface area contributed by atoms with Crippen LogP contribution in [0.15, 0.2) is 12.4 Å². The van der Waals surface area contributed by atoms with Gasteiger partial charge in [0, 0.05) is 36.8 Å². The second kappa shape index (κ2) is 3.92. The molecule has 3 rings (SSSR count). The van der Waals surface area contributed by atoms with Crippen LogP contribution in [-0.2, 0) is 13.0 Å². The summed E-state index contributed by atoms with van der Waals surface area (Å²) >= 11 is 1.70. The summed E-state index contributed by atoms with van der Waals surface area (Å²) in [6.45, 7) is 3.93. The lowest BCUT2D eigenvalue weighted by Gasteiger charge is -2.09. The van der Waals surface area contributed by atoms with Crippen LogP contribution in [-0.4, -0.2) is 21.5 Å². The van der Waals surface area contributed by atoms with Gasteiger partial charge in [0.1, 0.15) is 0 Å². The van der Waals surface area contributed by atoms with Crippen molar-refractivity contribution in [3.05, 3.63) is 28.5 Å². The molecule has 2 aromatic rings. The van der Waals surface area contributed by atoms with Crippen LogP contribution in [0.1, 0.15) is 16.1 Å². The number of nitrogens with one attached hydrogen (secondary N) is 1. The van der Waals surface area contributed by atoms with Crippen molar-refractivity contribution < 1.29 is 0 Å². The summed E-state index contributed by atoms with van der Waals surface area (Å²) in [5.74, 6) is 0.741. The lowest BCUT2D eigenvalue weighted by atomic mass is 10.2. The fourth-order valence-corrected chi connectivity index (χ4v) is 2.75. The average molecular weight is 232 g/mol. The van der Waals surface area contributed by atoms with Crippen molar-refractivity contribution in [2.75, 3.05) is 6.54 Å². The first-order valence-electron chi connectivity index (χ1n) is 5.31. The molecule has 0 unspecified atom stereocenters. The van der Waals surface area contributed by atoms with Gasteiger partial charge in [-0.15, -0.1) is 11.3 Å². The molecule has 0 saturated carbocycles. The minimum Gasteiger partial charge on any atom is -0.311 e. The Labute approximate surface area is 97.8 Å². The van der Waals surface area contributed by atoms with Crippen molar-refractivity contribution in [2.24, 2.45) is 0 Å². The molecule has 1 N–H and O–H groups in total. The van der Waals surface area contributed by atoms with Crippen molar-refractivity contribution in [1.82, 2.24) is 20.3 Å². The molecule has 0 bridgehead atoms. The summed E-state index contributed by atoms with van der Waals surface area (Å²) in [5.41, 5.74) is 2.29. The molecule has 1 aliphatic heterocycles. The summed E-state index contributed by atoms with van der Waals surface area (Å²) < 4.78 is 0. The van der Waals surface area contributed by atoms with Gasteiger partial charge in [-0.1, -0.05) is 0 Å². The topological polar surface area (TPSA) is 50.7 Å². The van der Waals surface area contributed by atoms with E-state index in [1.165, 1.54) is 10.6 Å². The Morgan fingerprint density at radius 1 is 1.31 bits per heavy atom. The van der Waals surface area contributed by atoms with E-state index in [4.69, 9.17) is 0 Å². The molecule has 5 heteroatoms. The van der Waals surface area contributed by atoms with Crippen LogP contribution in [0.3, 0.4) is 0 Å². The van der Waals surface area contributed by atoms with Crippen LogP contribution < -0.4 is 5.32 Å². The van der Waals surface area contributed by atoms with E-state index < -0.39 is 0 Å². The summed E-state index contributed by atoms with van der Waals surface area (Å²) in [6, 6.07) is 0. The molecule has 0 aliphatic carbocycles. The first-order chi connectivity index (χ1) is 7.83. The maximum atomic E-state index is 4.60. The summed E-state index contributed by atoms with van der Waals surface area (Å²) in [7, 11) is 0. The largest absolute Gasteiger partial charge is 0.311 e. The third kappa shape index (κ3) is 1.72. The molecule has 0 amide bonds. The molecule has 4 nitrogen and oxygen atoms in total. The molecule has 0 saturated heterocycles. The van der Waals surface area contributed by atoms with Gasteiger partial charge in [0.25, 0.3) is 0 Å². The first kappa shape index (κ1) is 9.86.